The lowest BCUT2D eigenvalue weighted by Crippen LogP contribution is -2.15. The van der Waals surface area contributed by atoms with Gasteiger partial charge in [-0.3, -0.25) is 0 Å². The van der Waals surface area contributed by atoms with Gasteiger partial charge in [0.15, 0.2) is 0 Å². The SMILES string of the molecule is C=CC(=O)OCCC[SiH](CCC)CCOC. The van der Waals surface area contributed by atoms with Gasteiger partial charge < -0.3 is 9.47 Å². The number of methoxy groups -OCH3 is 1. The Labute approximate surface area is 100 Å². The molecule has 1 atom stereocenters. The molecule has 4 heteroatoms. The monoisotopic (exact) mass is 244 g/mol. The van der Waals surface area contributed by atoms with Crippen molar-refractivity contribution >= 4 is 14.8 Å². The Kier molecular flexibility index (Phi) is 10.5. The van der Waals surface area contributed by atoms with Crippen LogP contribution < -0.4 is 0 Å². The van der Waals surface area contributed by atoms with Crippen LogP contribution in [0.1, 0.15) is 19.8 Å². The Hall–Kier alpha value is -0.613. The first kappa shape index (κ1) is 15.4. The summed E-state index contributed by atoms with van der Waals surface area (Å²) in [6.07, 6.45) is 3.46. The van der Waals surface area contributed by atoms with Crippen LogP contribution in [-0.4, -0.2) is 35.1 Å². The number of carbonyl (C=O) groups is 1. The number of carbonyl (C=O) groups excluding carboxylic acids is 1. The van der Waals surface area contributed by atoms with E-state index in [9.17, 15) is 4.79 Å². The Morgan fingerprint density at radius 2 is 2.06 bits per heavy atom. The second-order valence-electron chi connectivity index (χ2n) is 3.95. The minimum Gasteiger partial charge on any atom is -0.463 e. The van der Waals surface area contributed by atoms with E-state index in [4.69, 9.17) is 9.47 Å². The Morgan fingerprint density at radius 3 is 2.62 bits per heavy atom. The molecule has 0 rings (SSSR count). The summed E-state index contributed by atoms with van der Waals surface area (Å²) >= 11 is 0. The summed E-state index contributed by atoms with van der Waals surface area (Å²) in [5.74, 6) is -0.314. The van der Waals surface area contributed by atoms with E-state index in [1.807, 2.05) is 0 Å². The molecule has 0 aromatic carbocycles. The maximum absolute atomic E-state index is 10.8. The van der Waals surface area contributed by atoms with E-state index in [2.05, 4.69) is 13.5 Å². The normalized spacial score (nSPS) is 12.1. The molecule has 94 valence electrons. The zero-order valence-corrected chi connectivity index (χ0v) is 11.7. The first-order chi connectivity index (χ1) is 7.74. The maximum atomic E-state index is 10.8. The third kappa shape index (κ3) is 8.68. The first-order valence-corrected chi connectivity index (χ1v) is 8.47. The van der Waals surface area contributed by atoms with Gasteiger partial charge in [-0.05, 0) is 12.5 Å². The molecule has 0 spiro atoms. The average Bonchev–Trinajstić information content (AvgIpc) is 2.30. The van der Waals surface area contributed by atoms with Crippen LogP contribution >= 0.6 is 0 Å². The van der Waals surface area contributed by atoms with Crippen molar-refractivity contribution in [2.45, 2.75) is 37.9 Å². The van der Waals surface area contributed by atoms with Gasteiger partial charge in [0.1, 0.15) is 0 Å². The summed E-state index contributed by atoms with van der Waals surface area (Å²) < 4.78 is 10.1. The molecule has 0 aromatic rings. The highest BCUT2D eigenvalue weighted by Crippen LogP contribution is 2.11. The number of rotatable bonds is 10. The number of hydrogen-bond acceptors (Lipinski definition) is 3. The predicted molar refractivity (Wildman–Crippen MR) is 69.5 cm³/mol. The molecule has 1 unspecified atom stereocenters. The lowest BCUT2D eigenvalue weighted by atomic mass is 10.5. The molecule has 0 bridgehead atoms. The van der Waals surface area contributed by atoms with Crippen molar-refractivity contribution in [3.63, 3.8) is 0 Å². The fourth-order valence-electron chi connectivity index (χ4n) is 1.73. The number of ether oxygens (including phenoxy) is 2. The summed E-state index contributed by atoms with van der Waals surface area (Å²) in [6, 6.07) is 3.83. The molecule has 0 aliphatic heterocycles. The van der Waals surface area contributed by atoms with Crippen molar-refractivity contribution in [2.24, 2.45) is 0 Å². The molecular formula is C12H24O3Si. The smallest absolute Gasteiger partial charge is 0.330 e. The van der Waals surface area contributed by atoms with Crippen LogP contribution in [0.25, 0.3) is 0 Å². The highest BCUT2D eigenvalue weighted by atomic mass is 28.3. The molecule has 0 radical (unpaired) electrons. The summed E-state index contributed by atoms with van der Waals surface area (Å²) in [5.41, 5.74) is 0. The lowest BCUT2D eigenvalue weighted by Gasteiger charge is -2.13. The molecule has 0 heterocycles. The highest BCUT2D eigenvalue weighted by Gasteiger charge is 2.09. The molecule has 16 heavy (non-hydrogen) atoms. The summed E-state index contributed by atoms with van der Waals surface area (Å²) in [4.78, 5) is 10.8. The summed E-state index contributed by atoms with van der Waals surface area (Å²) in [7, 11) is 1.09. The Balaban J connectivity index is 3.58. The molecule has 0 amide bonds. The topological polar surface area (TPSA) is 35.5 Å². The van der Waals surface area contributed by atoms with Crippen LogP contribution in [0, 0.1) is 0 Å². The second-order valence-corrected chi connectivity index (χ2v) is 7.41. The van der Waals surface area contributed by atoms with E-state index < -0.39 is 8.80 Å². The molecule has 0 saturated heterocycles. The molecule has 0 aliphatic rings. The van der Waals surface area contributed by atoms with Crippen LogP contribution in [0.3, 0.4) is 0 Å². The first-order valence-electron chi connectivity index (χ1n) is 6.02. The van der Waals surface area contributed by atoms with Gasteiger partial charge in [-0.1, -0.05) is 32.0 Å². The third-order valence-corrected chi connectivity index (χ3v) is 6.27. The lowest BCUT2D eigenvalue weighted by molar-refractivity contribution is -0.137. The van der Waals surface area contributed by atoms with Crippen molar-refractivity contribution in [1.82, 2.24) is 0 Å². The van der Waals surface area contributed by atoms with E-state index >= 15 is 0 Å². The van der Waals surface area contributed by atoms with Crippen LogP contribution in [-0.2, 0) is 14.3 Å². The molecule has 0 fully saturated rings. The van der Waals surface area contributed by atoms with Gasteiger partial charge >= 0.3 is 5.97 Å². The van der Waals surface area contributed by atoms with Crippen LogP contribution in [0.2, 0.25) is 18.1 Å². The largest absolute Gasteiger partial charge is 0.463 e. The van der Waals surface area contributed by atoms with Gasteiger partial charge in [-0.25, -0.2) is 4.79 Å². The van der Waals surface area contributed by atoms with Crippen molar-refractivity contribution in [2.75, 3.05) is 20.3 Å². The van der Waals surface area contributed by atoms with Gasteiger partial charge in [0.05, 0.1) is 6.61 Å². The Morgan fingerprint density at radius 1 is 1.31 bits per heavy atom. The molecule has 0 aliphatic carbocycles. The highest BCUT2D eigenvalue weighted by molar-refractivity contribution is 6.58. The summed E-state index contributed by atoms with van der Waals surface area (Å²) in [6.45, 7) is 7.00. The van der Waals surface area contributed by atoms with Crippen molar-refractivity contribution in [3.8, 4) is 0 Å². The fourth-order valence-corrected chi connectivity index (χ4v) is 4.73. The van der Waals surface area contributed by atoms with Gasteiger partial charge in [-0.15, -0.1) is 0 Å². The summed E-state index contributed by atoms with van der Waals surface area (Å²) in [5, 5.41) is 0. The fraction of sp³-hybridized carbons (Fsp3) is 0.750. The van der Waals surface area contributed by atoms with Gasteiger partial charge in [0.2, 0.25) is 0 Å². The third-order valence-electron chi connectivity index (χ3n) is 2.59. The van der Waals surface area contributed by atoms with Crippen molar-refractivity contribution in [3.05, 3.63) is 12.7 Å². The van der Waals surface area contributed by atoms with E-state index in [1.54, 1.807) is 7.11 Å². The predicted octanol–water partition coefficient (Wildman–Crippen LogP) is 2.39. The van der Waals surface area contributed by atoms with Crippen LogP contribution in [0.15, 0.2) is 12.7 Å². The standard InChI is InChI=1S/C12H24O3Si/c1-4-9-16(11-8-14-3)10-6-7-15-12(13)5-2/h5,16H,2,4,6-11H2,1,3H3. The molecule has 0 N–H and O–H groups in total. The zero-order valence-electron chi connectivity index (χ0n) is 10.5. The maximum Gasteiger partial charge on any atom is 0.330 e. The zero-order chi connectivity index (χ0) is 12.2. The quantitative estimate of drug-likeness (QED) is 0.256. The molecule has 0 saturated carbocycles. The van der Waals surface area contributed by atoms with E-state index in [-0.39, 0.29) is 5.97 Å². The van der Waals surface area contributed by atoms with E-state index in [0.29, 0.717) is 6.61 Å². The van der Waals surface area contributed by atoms with Crippen molar-refractivity contribution in [1.29, 1.82) is 0 Å². The molecule has 3 nitrogen and oxygen atoms in total. The van der Waals surface area contributed by atoms with Gasteiger partial charge in [0, 0.05) is 28.6 Å². The van der Waals surface area contributed by atoms with Gasteiger partial charge in [0.25, 0.3) is 0 Å². The van der Waals surface area contributed by atoms with Crippen LogP contribution in [0.4, 0.5) is 0 Å². The van der Waals surface area contributed by atoms with E-state index in [1.165, 1.54) is 30.6 Å². The number of esters is 1. The molecule has 0 aromatic heterocycles. The molecular weight excluding hydrogens is 220 g/mol. The average molecular weight is 244 g/mol. The second kappa shape index (κ2) is 10.9. The Bertz CT molecular complexity index is 195. The minimum absolute atomic E-state index is 0.314. The van der Waals surface area contributed by atoms with Crippen molar-refractivity contribution < 1.29 is 14.3 Å². The van der Waals surface area contributed by atoms with E-state index in [0.717, 1.165) is 13.0 Å². The van der Waals surface area contributed by atoms with Gasteiger partial charge in [-0.2, -0.15) is 0 Å². The van der Waals surface area contributed by atoms with Crippen LogP contribution in [0.5, 0.6) is 0 Å². The number of hydrogen-bond donors (Lipinski definition) is 0. The minimum atomic E-state index is -0.665.